The standard InChI is InChI=1S/C14H12N2O2S/c1-2-10-8-11-12(19-10)15-14(18)16(13(11)17)9-6-4-3-5-7-9/h3-8H,2H2,1H3,(H,15,18). The number of thiophene rings is 1. The summed E-state index contributed by atoms with van der Waals surface area (Å²) in [5.41, 5.74) is -0.0750. The zero-order chi connectivity index (χ0) is 13.4. The first-order chi connectivity index (χ1) is 9.20. The monoisotopic (exact) mass is 272 g/mol. The molecule has 0 bridgehead atoms. The Balaban J connectivity index is 2.38. The molecule has 2 heterocycles. The molecule has 3 aromatic rings. The van der Waals surface area contributed by atoms with Crippen molar-refractivity contribution in [2.75, 3.05) is 0 Å². The fraction of sp³-hybridized carbons (Fsp3) is 0.143. The molecule has 0 saturated carbocycles. The van der Waals surface area contributed by atoms with Crippen LogP contribution in [-0.2, 0) is 6.42 Å². The molecule has 0 atom stereocenters. The summed E-state index contributed by atoms with van der Waals surface area (Å²) in [6, 6.07) is 10.8. The van der Waals surface area contributed by atoms with Crippen LogP contribution in [0.1, 0.15) is 11.8 Å². The van der Waals surface area contributed by atoms with Crippen molar-refractivity contribution >= 4 is 21.6 Å². The van der Waals surface area contributed by atoms with Gasteiger partial charge in [0, 0.05) is 4.88 Å². The summed E-state index contributed by atoms with van der Waals surface area (Å²) in [5.74, 6) is 0. The van der Waals surface area contributed by atoms with E-state index in [0.717, 1.165) is 11.3 Å². The van der Waals surface area contributed by atoms with Gasteiger partial charge >= 0.3 is 5.69 Å². The van der Waals surface area contributed by atoms with Crippen molar-refractivity contribution in [1.82, 2.24) is 9.55 Å². The third-order valence-corrected chi connectivity index (χ3v) is 4.20. The van der Waals surface area contributed by atoms with E-state index in [1.807, 2.05) is 19.1 Å². The van der Waals surface area contributed by atoms with Crippen LogP contribution in [0.5, 0.6) is 0 Å². The number of aromatic nitrogens is 2. The molecule has 2 aromatic heterocycles. The van der Waals surface area contributed by atoms with E-state index in [4.69, 9.17) is 0 Å². The van der Waals surface area contributed by atoms with Crippen LogP contribution in [0.25, 0.3) is 15.9 Å². The number of aromatic amines is 1. The topological polar surface area (TPSA) is 54.9 Å². The Morgan fingerprint density at radius 3 is 2.63 bits per heavy atom. The molecule has 5 heteroatoms. The lowest BCUT2D eigenvalue weighted by Gasteiger charge is -2.03. The molecule has 0 spiro atoms. The van der Waals surface area contributed by atoms with Crippen LogP contribution in [0.4, 0.5) is 0 Å². The van der Waals surface area contributed by atoms with Crippen LogP contribution in [0.3, 0.4) is 0 Å². The number of hydrogen-bond donors (Lipinski definition) is 1. The number of fused-ring (bicyclic) bond motifs is 1. The van der Waals surface area contributed by atoms with Gasteiger partial charge in [0.1, 0.15) is 4.83 Å². The number of benzene rings is 1. The van der Waals surface area contributed by atoms with Crippen LogP contribution >= 0.6 is 11.3 Å². The van der Waals surface area contributed by atoms with Crippen LogP contribution in [-0.4, -0.2) is 9.55 Å². The van der Waals surface area contributed by atoms with Crippen LogP contribution in [0.2, 0.25) is 0 Å². The molecule has 0 saturated heterocycles. The van der Waals surface area contributed by atoms with E-state index in [2.05, 4.69) is 4.98 Å². The first kappa shape index (κ1) is 11.9. The number of rotatable bonds is 2. The van der Waals surface area contributed by atoms with Gasteiger partial charge in [-0.05, 0) is 24.6 Å². The normalized spacial score (nSPS) is 11.0. The lowest BCUT2D eigenvalue weighted by Crippen LogP contribution is -2.32. The second kappa shape index (κ2) is 4.51. The van der Waals surface area contributed by atoms with Crippen LogP contribution in [0.15, 0.2) is 46.0 Å². The van der Waals surface area contributed by atoms with Gasteiger partial charge in [0.05, 0.1) is 11.1 Å². The van der Waals surface area contributed by atoms with Gasteiger partial charge in [0.2, 0.25) is 0 Å². The summed E-state index contributed by atoms with van der Waals surface area (Å²) in [5, 5.41) is 0.574. The zero-order valence-corrected chi connectivity index (χ0v) is 11.2. The molecule has 96 valence electrons. The van der Waals surface area contributed by atoms with Gasteiger partial charge in [-0.25, -0.2) is 9.36 Å². The minimum atomic E-state index is -0.395. The number of hydrogen-bond acceptors (Lipinski definition) is 3. The molecule has 0 aliphatic heterocycles. The van der Waals surface area contributed by atoms with Gasteiger partial charge in [0.15, 0.2) is 0 Å². The van der Waals surface area contributed by atoms with Crippen molar-refractivity contribution < 1.29 is 0 Å². The highest BCUT2D eigenvalue weighted by molar-refractivity contribution is 7.18. The lowest BCUT2D eigenvalue weighted by atomic mass is 10.3. The Bertz CT molecular complexity index is 843. The molecule has 0 radical (unpaired) electrons. The van der Waals surface area contributed by atoms with Gasteiger partial charge in [-0.2, -0.15) is 0 Å². The van der Waals surface area contributed by atoms with Gasteiger partial charge in [0.25, 0.3) is 5.56 Å². The van der Waals surface area contributed by atoms with Crippen molar-refractivity contribution in [3.63, 3.8) is 0 Å². The minimum Gasteiger partial charge on any atom is -0.298 e. The average molecular weight is 272 g/mol. The van der Waals surface area contributed by atoms with E-state index in [1.165, 1.54) is 15.9 Å². The number of para-hydroxylation sites is 1. The smallest absolute Gasteiger partial charge is 0.298 e. The van der Waals surface area contributed by atoms with Crippen molar-refractivity contribution in [2.45, 2.75) is 13.3 Å². The predicted molar refractivity (Wildman–Crippen MR) is 77.4 cm³/mol. The Kier molecular flexibility index (Phi) is 2.83. The van der Waals surface area contributed by atoms with Gasteiger partial charge in [-0.1, -0.05) is 25.1 Å². The van der Waals surface area contributed by atoms with Crippen molar-refractivity contribution in [1.29, 1.82) is 0 Å². The maximum atomic E-state index is 12.4. The minimum absolute atomic E-state index is 0.263. The second-order valence-corrected chi connectivity index (χ2v) is 5.35. The highest BCUT2D eigenvalue weighted by Crippen LogP contribution is 2.20. The molecule has 1 aromatic carbocycles. The summed E-state index contributed by atoms with van der Waals surface area (Å²) in [7, 11) is 0. The van der Waals surface area contributed by atoms with Crippen molar-refractivity contribution in [2.24, 2.45) is 0 Å². The number of aryl methyl sites for hydroxylation is 1. The molecule has 0 aliphatic carbocycles. The SMILES string of the molecule is CCc1cc2c(=O)n(-c3ccccc3)c(=O)[nH]c2s1. The van der Waals surface area contributed by atoms with E-state index < -0.39 is 5.69 Å². The average Bonchev–Trinajstić information content (AvgIpc) is 2.83. The molecular formula is C14H12N2O2S. The third kappa shape index (κ3) is 1.92. The highest BCUT2D eigenvalue weighted by Gasteiger charge is 2.11. The fourth-order valence-electron chi connectivity index (χ4n) is 2.05. The molecule has 0 amide bonds. The maximum absolute atomic E-state index is 12.4. The summed E-state index contributed by atoms with van der Waals surface area (Å²) in [6.45, 7) is 2.03. The second-order valence-electron chi connectivity index (χ2n) is 4.22. The van der Waals surface area contributed by atoms with Crippen LogP contribution in [0, 0.1) is 0 Å². The van der Waals surface area contributed by atoms with E-state index in [1.54, 1.807) is 24.3 Å². The molecular weight excluding hydrogens is 260 g/mol. The Morgan fingerprint density at radius 1 is 1.21 bits per heavy atom. The Labute approximate surface area is 113 Å². The maximum Gasteiger partial charge on any atom is 0.334 e. The van der Waals surface area contributed by atoms with Crippen molar-refractivity contribution in [3.05, 3.63) is 62.1 Å². The quantitative estimate of drug-likeness (QED) is 0.778. The molecule has 0 aliphatic rings. The number of nitrogens with zero attached hydrogens (tertiary/aromatic N) is 1. The predicted octanol–water partition coefficient (Wildman–Crippen LogP) is 2.30. The molecule has 0 fully saturated rings. The highest BCUT2D eigenvalue weighted by atomic mass is 32.1. The summed E-state index contributed by atoms with van der Waals surface area (Å²) < 4.78 is 1.18. The van der Waals surface area contributed by atoms with Crippen LogP contribution < -0.4 is 11.2 Å². The molecule has 1 N–H and O–H groups in total. The third-order valence-electron chi connectivity index (χ3n) is 3.00. The van der Waals surface area contributed by atoms with Crippen molar-refractivity contribution in [3.8, 4) is 5.69 Å². The van der Waals surface area contributed by atoms with E-state index in [0.29, 0.717) is 15.9 Å². The first-order valence-corrected chi connectivity index (χ1v) is 6.85. The van der Waals surface area contributed by atoms with E-state index in [9.17, 15) is 9.59 Å². The fourth-order valence-corrected chi connectivity index (χ4v) is 3.02. The Hall–Kier alpha value is -2.14. The lowest BCUT2D eigenvalue weighted by molar-refractivity contribution is 0.904. The largest absolute Gasteiger partial charge is 0.334 e. The summed E-state index contributed by atoms with van der Waals surface area (Å²) in [4.78, 5) is 29.0. The van der Waals surface area contributed by atoms with E-state index in [-0.39, 0.29) is 5.56 Å². The molecule has 19 heavy (non-hydrogen) atoms. The molecule has 4 nitrogen and oxygen atoms in total. The molecule has 3 rings (SSSR count). The number of nitrogens with one attached hydrogen (secondary N) is 1. The Morgan fingerprint density at radius 2 is 1.95 bits per heavy atom. The van der Waals surface area contributed by atoms with E-state index >= 15 is 0 Å². The number of H-pyrrole nitrogens is 1. The van der Waals surface area contributed by atoms with Gasteiger partial charge in [-0.15, -0.1) is 11.3 Å². The first-order valence-electron chi connectivity index (χ1n) is 6.04. The van der Waals surface area contributed by atoms with Gasteiger partial charge in [-0.3, -0.25) is 9.78 Å². The van der Waals surface area contributed by atoms with Gasteiger partial charge < -0.3 is 0 Å². The zero-order valence-electron chi connectivity index (χ0n) is 10.3. The summed E-state index contributed by atoms with van der Waals surface area (Å²) >= 11 is 1.46. The molecule has 0 unspecified atom stereocenters. The summed E-state index contributed by atoms with van der Waals surface area (Å²) in [6.07, 6.45) is 0.853.